The maximum Gasteiger partial charge on any atom is 0.224 e. The smallest absolute Gasteiger partial charge is 0.224 e. The van der Waals surface area contributed by atoms with E-state index in [9.17, 15) is 4.79 Å². The van der Waals surface area contributed by atoms with E-state index in [4.69, 9.17) is 5.73 Å². The Bertz CT molecular complexity index is 380. The first-order valence-electron chi connectivity index (χ1n) is 5.99. The third-order valence-electron chi connectivity index (χ3n) is 2.25. The molecule has 0 atom stereocenters. The highest BCUT2D eigenvalue weighted by Gasteiger charge is 2.05. The third-order valence-corrected chi connectivity index (χ3v) is 3.45. The van der Waals surface area contributed by atoms with Gasteiger partial charge in [0, 0.05) is 11.3 Å². The van der Waals surface area contributed by atoms with Crippen molar-refractivity contribution in [2.45, 2.75) is 38.0 Å². The SMILES string of the molecule is CCCSc1ccc(N)c(NC(=O)CCC)c1. The molecule has 0 aliphatic carbocycles. The summed E-state index contributed by atoms with van der Waals surface area (Å²) >= 11 is 1.78. The zero-order valence-electron chi connectivity index (χ0n) is 10.5. The van der Waals surface area contributed by atoms with Crippen LogP contribution in [-0.4, -0.2) is 11.7 Å². The summed E-state index contributed by atoms with van der Waals surface area (Å²) in [7, 11) is 0. The molecule has 1 aromatic rings. The van der Waals surface area contributed by atoms with Crippen molar-refractivity contribution in [3.63, 3.8) is 0 Å². The number of rotatable bonds is 6. The largest absolute Gasteiger partial charge is 0.397 e. The normalized spacial score (nSPS) is 10.2. The van der Waals surface area contributed by atoms with Crippen LogP contribution in [0.3, 0.4) is 0 Å². The zero-order valence-corrected chi connectivity index (χ0v) is 11.3. The van der Waals surface area contributed by atoms with Crippen molar-refractivity contribution in [2.75, 3.05) is 16.8 Å². The predicted molar refractivity (Wildman–Crippen MR) is 75.4 cm³/mol. The fourth-order valence-corrected chi connectivity index (χ4v) is 2.20. The van der Waals surface area contributed by atoms with E-state index in [-0.39, 0.29) is 5.91 Å². The van der Waals surface area contributed by atoms with Crippen LogP contribution < -0.4 is 11.1 Å². The zero-order chi connectivity index (χ0) is 12.7. The van der Waals surface area contributed by atoms with Crippen molar-refractivity contribution in [2.24, 2.45) is 0 Å². The van der Waals surface area contributed by atoms with Crippen molar-refractivity contribution in [1.82, 2.24) is 0 Å². The van der Waals surface area contributed by atoms with E-state index < -0.39 is 0 Å². The second-order valence-electron chi connectivity index (χ2n) is 3.90. The van der Waals surface area contributed by atoms with E-state index in [2.05, 4.69) is 12.2 Å². The molecule has 0 bridgehead atoms. The van der Waals surface area contributed by atoms with Crippen LogP contribution in [0, 0.1) is 0 Å². The van der Waals surface area contributed by atoms with Gasteiger partial charge in [-0.15, -0.1) is 11.8 Å². The van der Waals surface area contributed by atoms with Crippen LogP contribution >= 0.6 is 11.8 Å². The number of anilines is 2. The molecule has 0 fully saturated rings. The lowest BCUT2D eigenvalue weighted by molar-refractivity contribution is -0.116. The lowest BCUT2D eigenvalue weighted by Crippen LogP contribution is -2.12. The van der Waals surface area contributed by atoms with Gasteiger partial charge in [-0.2, -0.15) is 0 Å². The van der Waals surface area contributed by atoms with Gasteiger partial charge in [-0.1, -0.05) is 13.8 Å². The summed E-state index contributed by atoms with van der Waals surface area (Å²) < 4.78 is 0. The first-order chi connectivity index (χ1) is 8.17. The van der Waals surface area contributed by atoms with Crippen LogP contribution in [-0.2, 0) is 4.79 Å². The molecule has 0 saturated heterocycles. The average Bonchev–Trinajstić information content (AvgIpc) is 2.30. The summed E-state index contributed by atoms with van der Waals surface area (Å²) in [6.45, 7) is 4.13. The van der Waals surface area contributed by atoms with Crippen molar-refractivity contribution >= 4 is 29.0 Å². The van der Waals surface area contributed by atoms with Gasteiger partial charge in [0.05, 0.1) is 11.4 Å². The van der Waals surface area contributed by atoms with Crippen molar-refractivity contribution in [3.05, 3.63) is 18.2 Å². The van der Waals surface area contributed by atoms with Gasteiger partial charge < -0.3 is 11.1 Å². The standard InChI is InChI=1S/C13H20N2OS/c1-3-5-13(16)15-12-9-10(17-8-4-2)6-7-11(12)14/h6-7,9H,3-5,8,14H2,1-2H3,(H,15,16). The van der Waals surface area contributed by atoms with E-state index in [0.717, 1.165) is 29.2 Å². The van der Waals surface area contributed by atoms with E-state index in [1.54, 1.807) is 11.8 Å². The second kappa shape index (κ2) is 7.22. The van der Waals surface area contributed by atoms with Gasteiger partial charge in [0.25, 0.3) is 0 Å². The van der Waals surface area contributed by atoms with Gasteiger partial charge in [0.2, 0.25) is 5.91 Å². The lowest BCUT2D eigenvalue weighted by Gasteiger charge is -2.09. The first-order valence-corrected chi connectivity index (χ1v) is 6.98. The Hall–Kier alpha value is -1.16. The minimum absolute atomic E-state index is 0.0249. The van der Waals surface area contributed by atoms with E-state index >= 15 is 0 Å². The molecule has 94 valence electrons. The van der Waals surface area contributed by atoms with E-state index in [1.807, 2.05) is 25.1 Å². The second-order valence-corrected chi connectivity index (χ2v) is 5.06. The molecule has 0 unspecified atom stereocenters. The van der Waals surface area contributed by atoms with Crippen molar-refractivity contribution in [3.8, 4) is 0 Å². The van der Waals surface area contributed by atoms with Crippen LogP contribution in [0.5, 0.6) is 0 Å². The third kappa shape index (κ3) is 4.69. The van der Waals surface area contributed by atoms with Gasteiger partial charge in [-0.25, -0.2) is 0 Å². The Balaban J connectivity index is 2.72. The fraction of sp³-hybridized carbons (Fsp3) is 0.462. The van der Waals surface area contributed by atoms with Crippen molar-refractivity contribution < 1.29 is 4.79 Å². The van der Waals surface area contributed by atoms with E-state index in [0.29, 0.717) is 12.1 Å². The molecule has 17 heavy (non-hydrogen) atoms. The predicted octanol–water partition coefficient (Wildman–Crippen LogP) is 3.51. The Morgan fingerprint density at radius 3 is 2.76 bits per heavy atom. The number of nitrogen functional groups attached to an aromatic ring is 1. The number of amides is 1. The Labute approximate surface area is 107 Å². The number of nitrogens with two attached hydrogens (primary N) is 1. The Morgan fingerprint density at radius 1 is 1.35 bits per heavy atom. The summed E-state index contributed by atoms with van der Waals surface area (Å²) in [5, 5.41) is 2.85. The molecule has 0 aliphatic heterocycles. The molecule has 1 amide bonds. The molecule has 3 nitrogen and oxygen atoms in total. The first kappa shape index (κ1) is 13.9. The maximum absolute atomic E-state index is 11.5. The lowest BCUT2D eigenvalue weighted by atomic mass is 10.2. The molecule has 1 rings (SSSR count). The topological polar surface area (TPSA) is 55.1 Å². The number of carbonyl (C=O) groups excluding carboxylic acids is 1. The summed E-state index contributed by atoms with van der Waals surface area (Å²) in [6, 6.07) is 5.79. The highest BCUT2D eigenvalue weighted by molar-refractivity contribution is 7.99. The number of benzene rings is 1. The fourth-order valence-electron chi connectivity index (χ4n) is 1.39. The Morgan fingerprint density at radius 2 is 2.12 bits per heavy atom. The molecule has 0 heterocycles. The summed E-state index contributed by atoms with van der Waals surface area (Å²) in [6.07, 6.45) is 2.51. The average molecular weight is 252 g/mol. The van der Waals surface area contributed by atoms with Crippen molar-refractivity contribution in [1.29, 1.82) is 0 Å². The highest BCUT2D eigenvalue weighted by atomic mass is 32.2. The highest BCUT2D eigenvalue weighted by Crippen LogP contribution is 2.27. The van der Waals surface area contributed by atoms with Gasteiger partial charge in [-0.05, 0) is 36.8 Å². The van der Waals surface area contributed by atoms with E-state index in [1.165, 1.54) is 0 Å². The molecular formula is C13H20N2OS. The molecule has 0 saturated carbocycles. The molecule has 1 aromatic carbocycles. The molecule has 0 spiro atoms. The van der Waals surface area contributed by atoms with Gasteiger partial charge >= 0.3 is 0 Å². The number of hydrogen-bond donors (Lipinski definition) is 2. The number of thioether (sulfide) groups is 1. The minimum Gasteiger partial charge on any atom is -0.397 e. The maximum atomic E-state index is 11.5. The van der Waals surface area contributed by atoms with Crippen LogP contribution in [0.15, 0.2) is 23.1 Å². The van der Waals surface area contributed by atoms with Crippen LogP contribution in [0.4, 0.5) is 11.4 Å². The number of carbonyl (C=O) groups is 1. The molecule has 0 aliphatic rings. The molecule has 3 N–H and O–H groups in total. The van der Waals surface area contributed by atoms with Crippen LogP contribution in [0.1, 0.15) is 33.1 Å². The molecule has 0 aromatic heterocycles. The molecular weight excluding hydrogens is 232 g/mol. The summed E-state index contributed by atoms with van der Waals surface area (Å²) in [5.41, 5.74) is 7.19. The van der Waals surface area contributed by atoms with Gasteiger partial charge in [0.15, 0.2) is 0 Å². The minimum atomic E-state index is 0.0249. The summed E-state index contributed by atoms with van der Waals surface area (Å²) in [4.78, 5) is 12.7. The number of nitrogens with one attached hydrogen (secondary N) is 1. The van der Waals surface area contributed by atoms with Gasteiger partial charge in [0.1, 0.15) is 0 Å². The van der Waals surface area contributed by atoms with Gasteiger partial charge in [-0.3, -0.25) is 4.79 Å². The van der Waals surface area contributed by atoms with Crippen LogP contribution in [0.25, 0.3) is 0 Å². The number of hydrogen-bond acceptors (Lipinski definition) is 3. The quantitative estimate of drug-likeness (QED) is 0.601. The Kier molecular flexibility index (Phi) is 5.91. The van der Waals surface area contributed by atoms with Crippen LogP contribution in [0.2, 0.25) is 0 Å². The molecule has 0 radical (unpaired) electrons. The monoisotopic (exact) mass is 252 g/mol. The molecule has 4 heteroatoms. The summed E-state index contributed by atoms with van der Waals surface area (Å²) in [5.74, 6) is 1.10.